The van der Waals surface area contributed by atoms with Crippen LogP contribution >= 0.6 is 47.8 Å². The Balaban J connectivity index is 2.97. The van der Waals surface area contributed by atoms with Crippen LogP contribution in [-0.4, -0.2) is 16.9 Å². The molecule has 1 aliphatic heterocycles. The van der Waals surface area contributed by atoms with Gasteiger partial charge in [-0.15, -0.1) is 0 Å². The average Bonchev–Trinajstić information content (AvgIpc) is 2.51. The number of cyclic esters (lactones) is 2. The number of benzene rings is 1. The van der Waals surface area contributed by atoms with Crippen molar-refractivity contribution in [3.05, 3.63) is 34.7 Å². The second-order valence-electron chi connectivity index (χ2n) is 2.97. The van der Waals surface area contributed by atoms with Crippen LogP contribution in [0.1, 0.15) is 20.7 Å². The molecule has 9 heteroatoms. The second-order valence-corrected chi connectivity index (χ2v) is 5.35. The largest absolute Gasteiger partial charge is 0.385 e. The molecule has 88 valence electrons. The third-order valence-electron chi connectivity index (χ3n) is 2.08. The fourth-order valence-corrected chi connectivity index (χ4v) is 3.15. The zero-order valence-electron chi connectivity index (χ0n) is 7.62. The van der Waals surface area contributed by atoms with Crippen LogP contribution < -0.4 is 0 Å². The van der Waals surface area contributed by atoms with E-state index >= 15 is 0 Å². The molecule has 0 aromatic heterocycles. The smallest absolute Gasteiger partial charge is 0.354 e. The third-order valence-corrected chi connectivity index (χ3v) is 5.50. The maximum atomic E-state index is 11.4. The number of carbonyl (C=O) groups excluding carboxylic acids is 2. The number of ether oxygens (including phenoxy) is 1. The molecule has 0 amide bonds. The van der Waals surface area contributed by atoms with Gasteiger partial charge in [0.25, 0.3) is 5.69 Å². The fraction of sp³-hybridized carbons (Fsp3) is 0. The van der Waals surface area contributed by atoms with Gasteiger partial charge in [-0.25, -0.2) is 9.59 Å². The van der Waals surface area contributed by atoms with Gasteiger partial charge in [-0.1, -0.05) is 0 Å². The summed E-state index contributed by atoms with van der Waals surface area (Å²) in [4.78, 5) is 33.0. The molecule has 0 spiro atoms. The Morgan fingerprint density at radius 1 is 0.941 bits per heavy atom. The monoisotopic (exact) mass is 427 g/mol. The molecule has 0 saturated heterocycles. The zero-order valence-corrected chi connectivity index (χ0v) is 12.4. The highest BCUT2D eigenvalue weighted by atomic mass is 79.9. The molecule has 1 heterocycles. The van der Waals surface area contributed by atoms with Crippen LogP contribution in [-0.2, 0) is 4.74 Å². The number of nitrogens with zero attached hydrogens (tertiary/aromatic N) is 1. The van der Waals surface area contributed by atoms with E-state index in [4.69, 9.17) is 0 Å². The van der Waals surface area contributed by atoms with Crippen LogP contribution in [0.15, 0.2) is 13.4 Å². The number of carbonyl (C=O) groups is 2. The normalized spacial score (nSPS) is 13.6. The number of rotatable bonds is 1. The summed E-state index contributed by atoms with van der Waals surface area (Å²) in [5, 5.41) is 10.9. The number of hydrogen-bond donors (Lipinski definition) is 0. The van der Waals surface area contributed by atoms with E-state index < -0.39 is 22.5 Å². The Morgan fingerprint density at radius 3 is 2.00 bits per heavy atom. The molecule has 0 N–H and O–H groups in total. The van der Waals surface area contributed by atoms with E-state index in [9.17, 15) is 19.7 Å². The number of esters is 2. The standard InChI is InChI=1S/C8Br3NO5/c9-3-1-2(8(14)17-7(1)13)6(12(15)16)5(11)4(3)10. The summed E-state index contributed by atoms with van der Waals surface area (Å²) in [5.41, 5.74) is -0.982. The molecule has 0 fully saturated rings. The molecule has 0 bridgehead atoms. The molecule has 0 radical (unpaired) electrons. The van der Waals surface area contributed by atoms with Gasteiger partial charge in [-0.2, -0.15) is 0 Å². The predicted molar refractivity (Wildman–Crippen MR) is 65.9 cm³/mol. The van der Waals surface area contributed by atoms with Crippen LogP contribution in [0.2, 0.25) is 0 Å². The quantitative estimate of drug-likeness (QED) is 0.225. The molecule has 1 aliphatic rings. The maximum absolute atomic E-state index is 11.4. The van der Waals surface area contributed by atoms with Gasteiger partial charge >= 0.3 is 11.9 Å². The van der Waals surface area contributed by atoms with Gasteiger partial charge in [-0.05, 0) is 47.8 Å². The van der Waals surface area contributed by atoms with Crippen molar-refractivity contribution >= 4 is 65.4 Å². The Kier molecular flexibility index (Phi) is 3.08. The van der Waals surface area contributed by atoms with Crippen molar-refractivity contribution in [1.82, 2.24) is 0 Å². The maximum Gasteiger partial charge on any atom is 0.354 e. The van der Waals surface area contributed by atoms with Gasteiger partial charge in [-0.3, -0.25) is 10.1 Å². The molecule has 1 aromatic rings. The van der Waals surface area contributed by atoms with E-state index in [2.05, 4.69) is 52.5 Å². The Labute approximate surface area is 119 Å². The molecule has 0 atom stereocenters. The molecular weight excluding hydrogens is 430 g/mol. The molecule has 6 nitrogen and oxygen atoms in total. The Hall–Kier alpha value is -0.800. The van der Waals surface area contributed by atoms with E-state index in [0.29, 0.717) is 0 Å². The number of hydrogen-bond acceptors (Lipinski definition) is 5. The Bertz CT molecular complexity index is 598. The number of nitro groups is 1. The summed E-state index contributed by atoms with van der Waals surface area (Å²) in [6.45, 7) is 0. The summed E-state index contributed by atoms with van der Waals surface area (Å²) in [5.74, 6) is -1.93. The zero-order chi connectivity index (χ0) is 12.9. The molecule has 0 unspecified atom stereocenters. The van der Waals surface area contributed by atoms with Crippen molar-refractivity contribution in [3.63, 3.8) is 0 Å². The van der Waals surface area contributed by atoms with Gasteiger partial charge in [0, 0.05) is 4.47 Å². The van der Waals surface area contributed by atoms with E-state index in [1.165, 1.54) is 0 Å². The van der Waals surface area contributed by atoms with Crippen molar-refractivity contribution in [1.29, 1.82) is 0 Å². The van der Waals surface area contributed by atoms with Crippen LogP contribution in [0.3, 0.4) is 0 Å². The van der Waals surface area contributed by atoms with Crippen molar-refractivity contribution in [2.75, 3.05) is 0 Å². The highest BCUT2D eigenvalue weighted by Gasteiger charge is 2.42. The molecule has 0 aliphatic carbocycles. The molecule has 17 heavy (non-hydrogen) atoms. The van der Waals surface area contributed by atoms with E-state index in [0.717, 1.165) is 0 Å². The summed E-state index contributed by atoms with van der Waals surface area (Å²) < 4.78 is 4.94. The summed E-state index contributed by atoms with van der Waals surface area (Å²) >= 11 is 9.16. The number of nitro benzene ring substituents is 1. The molecule has 1 aromatic carbocycles. The molecular formula is C8Br3NO5. The van der Waals surface area contributed by atoms with Crippen LogP contribution in [0.25, 0.3) is 0 Å². The SMILES string of the molecule is O=C1OC(=O)c2c1c(Br)c(Br)c(Br)c2[N+](=O)[O-]. The van der Waals surface area contributed by atoms with Crippen LogP contribution in [0.4, 0.5) is 5.69 Å². The van der Waals surface area contributed by atoms with Crippen molar-refractivity contribution in [2.45, 2.75) is 0 Å². The first-order valence-corrected chi connectivity index (χ1v) is 6.35. The van der Waals surface area contributed by atoms with E-state index in [1.807, 2.05) is 0 Å². The van der Waals surface area contributed by atoms with Crippen LogP contribution in [0.5, 0.6) is 0 Å². The summed E-state index contributed by atoms with van der Waals surface area (Å²) in [6.07, 6.45) is 0. The average molecular weight is 430 g/mol. The minimum absolute atomic E-state index is 0.0692. The lowest BCUT2D eigenvalue weighted by molar-refractivity contribution is -0.386. The third kappa shape index (κ3) is 1.72. The van der Waals surface area contributed by atoms with Gasteiger partial charge in [0.2, 0.25) is 0 Å². The van der Waals surface area contributed by atoms with Crippen molar-refractivity contribution in [2.24, 2.45) is 0 Å². The van der Waals surface area contributed by atoms with E-state index in [-0.39, 0.29) is 24.5 Å². The van der Waals surface area contributed by atoms with Gasteiger partial charge in [0.15, 0.2) is 5.56 Å². The lowest BCUT2D eigenvalue weighted by Crippen LogP contribution is -2.03. The lowest BCUT2D eigenvalue weighted by Gasteiger charge is -2.04. The number of halogens is 3. The fourth-order valence-electron chi connectivity index (χ4n) is 1.40. The predicted octanol–water partition coefficient (Wildman–Crippen LogP) is 3.19. The first-order chi connectivity index (χ1) is 7.86. The summed E-state index contributed by atoms with van der Waals surface area (Å²) in [6, 6.07) is 0. The van der Waals surface area contributed by atoms with Crippen LogP contribution in [0, 0.1) is 10.1 Å². The highest BCUT2D eigenvalue weighted by Crippen LogP contribution is 2.45. The topological polar surface area (TPSA) is 86.5 Å². The Morgan fingerprint density at radius 2 is 1.47 bits per heavy atom. The molecule has 0 saturated carbocycles. The van der Waals surface area contributed by atoms with Crippen molar-refractivity contribution < 1.29 is 19.2 Å². The molecule has 2 rings (SSSR count). The highest BCUT2D eigenvalue weighted by molar-refractivity contribution is 9.14. The first kappa shape index (κ1) is 12.7. The minimum Gasteiger partial charge on any atom is -0.385 e. The van der Waals surface area contributed by atoms with Gasteiger partial charge in [0.05, 0.1) is 15.0 Å². The minimum atomic E-state index is -1.02. The first-order valence-electron chi connectivity index (χ1n) is 3.97. The van der Waals surface area contributed by atoms with Gasteiger partial charge in [0.1, 0.15) is 4.47 Å². The van der Waals surface area contributed by atoms with Crippen molar-refractivity contribution in [3.8, 4) is 0 Å². The summed E-state index contributed by atoms with van der Waals surface area (Å²) in [7, 11) is 0. The lowest BCUT2D eigenvalue weighted by atomic mass is 10.1. The van der Waals surface area contributed by atoms with E-state index in [1.54, 1.807) is 0 Å². The number of fused-ring (bicyclic) bond motifs is 1. The second kappa shape index (κ2) is 4.14. The van der Waals surface area contributed by atoms with Gasteiger partial charge < -0.3 is 4.74 Å².